The number of nitriles is 1. The Morgan fingerprint density at radius 2 is 1.71 bits per heavy atom. The molecular formula is C20H30N6O2. The third-order valence-electron chi connectivity index (χ3n) is 4.90. The van der Waals surface area contributed by atoms with Gasteiger partial charge < -0.3 is 20.4 Å². The van der Waals surface area contributed by atoms with E-state index in [1.807, 2.05) is 6.07 Å². The molecule has 2 N–H and O–H groups in total. The fraction of sp³-hybridized carbons (Fsp3) is 0.550. The number of nitrogens with zero attached hydrogens (tertiary/aromatic N) is 4. The zero-order chi connectivity index (χ0) is 20.4. The largest absolute Gasteiger partial charge is 0.342 e. The van der Waals surface area contributed by atoms with Gasteiger partial charge in [0.25, 0.3) is 0 Å². The number of urea groups is 1. The number of benzene rings is 1. The molecule has 0 aromatic heterocycles. The molecule has 3 rings (SSSR count). The van der Waals surface area contributed by atoms with E-state index < -0.39 is 0 Å². The average Bonchev–Trinajstić information content (AvgIpc) is 2.75. The Morgan fingerprint density at radius 3 is 2.18 bits per heavy atom. The van der Waals surface area contributed by atoms with E-state index in [-0.39, 0.29) is 6.03 Å². The van der Waals surface area contributed by atoms with Gasteiger partial charge in [-0.1, -0.05) is 0 Å². The Kier molecular flexibility index (Phi) is 8.72. The summed E-state index contributed by atoms with van der Waals surface area (Å²) < 4.78 is 0. The monoisotopic (exact) mass is 386 g/mol. The summed E-state index contributed by atoms with van der Waals surface area (Å²) >= 11 is 0. The first-order valence-electron chi connectivity index (χ1n) is 9.73. The molecule has 0 spiro atoms. The summed E-state index contributed by atoms with van der Waals surface area (Å²) in [5.74, 6) is 0. The highest BCUT2D eigenvalue weighted by Crippen LogP contribution is 2.10. The maximum absolute atomic E-state index is 12.0. The van der Waals surface area contributed by atoms with Crippen molar-refractivity contribution in [2.45, 2.75) is 19.9 Å². The molecule has 0 bridgehead atoms. The van der Waals surface area contributed by atoms with E-state index in [1.165, 1.54) is 13.1 Å². The van der Waals surface area contributed by atoms with Crippen LogP contribution in [-0.4, -0.2) is 85.5 Å². The molecule has 8 heteroatoms. The number of nitrogens with one attached hydrogen (secondary N) is 2. The van der Waals surface area contributed by atoms with Gasteiger partial charge >= 0.3 is 6.03 Å². The van der Waals surface area contributed by atoms with Crippen molar-refractivity contribution in [3.63, 3.8) is 0 Å². The number of hydrogen-bond donors (Lipinski definition) is 2. The van der Waals surface area contributed by atoms with Crippen LogP contribution in [0.15, 0.2) is 24.3 Å². The van der Waals surface area contributed by atoms with Crippen molar-refractivity contribution in [1.29, 1.82) is 5.26 Å². The topological polar surface area (TPSA) is 91.7 Å². The lowest BCUT2D eigenvalue weighted by molar-refractivity contribution is -0.119. The molecule has 0 atom stereocenters. The quantitative estimate of drug-likeness (QED) is 0.761. The van der Waals surface area contributed by atoms with Crippen LogP contribution in [0.5, 0.6) is 0 Å². The minimum atomic E-state index is -0.185. The number of rotatable bonds is 3. The normalized spacial score (nSPS) is 17.4. The zero-order valence-corrected chi connectivity index (χ0v) is 16.7. The molecular weight excluding hydrogens is 356 g/mol. The van der Waals surface area contributed by atoms with E-state index >= 15 is 0 Å². The van der Waals surface area contributed by atoms with Crippen LogP contribution in [-0.2, 0) is 4.79 Å². The molecule has 0 saturated carbocycles. The van der Waals surface area contributed by atoms with Crippen LogP contribution < -0.4 is 10.6 Å². The third kappa shape index (κ3) is 6.83. The zero-order valence-electron chi connectivity index (χ0n) is 16.7. The summed E-state index contributed by atoms with van der Waals surface area (Å²) in [6, 6.07) is 9.25. The fourth-order valence-corrected chi connectivity index (χ4v) is 3.06. The smallest absolute Gasteiger partial charge is 0.321 e. The lowest BCUT2D eigenvalue weighted by atomic mass is 10.2. The van der Waals surface area contributed by atoms with Crippen LogP contribution in [0.3, 0.4) is 0 Å². The summed E-state index contributed by atoms with van der Waals surface area (Å²) in [5.41, 5.74) is 1.21. The van der Waals surface area contributed by atoms with Gasteiger partial charge in [-0.25, -0.2) is 4.79 Å². The molecule has 0 radical (unpaired) electrons. The molecule has 28 heavy (non-hydrogen) atoms. The molecule has 2 saturated heterocycles. The van der Waals surface area contributed by atoms with Crippen molar-refractivity contribution in [2.75, 3.05) is 57.7 Å². The summed E-state index contributed by atoms with van der Waals surface area (Å²) in [5, 5.41) is 14.8. The number of carbonyl (C=O) groups is 2. The maximum atomic E-state index is 12.0. The first-order valence-corrected chi connectivity index (χ1v) is 9.73. The number of carbonyl (C=O) groups excluding carboxylic acids is 2. The SMILES string of the molecule is CC(C)N1CCNCC1.N#Cc1ccc(NC(=O)N2CCN(C=O)CC2)cc1. The average molecular weight is 387 g/mol. The van der Waals surface area contributed by atoms with Crippen LogP contribution in [0.25, 0.3) is 0 Å². The summed E-state index contributed by atoms with van der Waals surface area (Å²) in [4.78, 5) is 28.3. The number of amides is 3. The van der Waals surface area contributed by atoms with Crippen LogP contribution in [0, 0.1) is 11.3 Å². The minimum absolute atomic E-state index is 0.185. The van der Waals surface area contributed by atoms with E-state index in [1.54, 1.807) is 34.1 Å². The molecule has 1 aromatic carbocycles. The minimum Gasteiger partial charge on any atom is -0.342 e. The highest BCUT2D eigenvalue weighted by molar-refractivity contribution is 5.89. The number of hydrogen-bond acceptors (Lipinski definition) is 5. The predicted octanol–water partition coefficient (Wildman–Crippen LogP) is 1.16. The summed E-state index contributed by atoms with van der Waals surface area (Å²) in [6.07, 6.45) is 0.801. The summed E-state index contributed by atoms with van der Waals surface area (Å²) in [7, 11) is 0. The fourth-order valence-electron chi connectivity index (χ4n) is 3.06. The van der Waals surface area contributed by atoms with E-state index in [0.717, 1.165) is 25.5 Å². The first kappa shape index (κ1) is 21.7. The van der Waals surface area contributed by atoms with Crippen molar-refractivity contribution in [1.82, 2.24) is 20.0 Å². The molecule has 152 valence electrons. The third-order valence-corrected chi connectivity index (χ3v) is 4.90. The van der Waals surface area contributed by atoms with Gasteiger partial charge in [-0.15, -0.1) is 0 Å². The number of piperazine rings is 2. The molecule has 3 amide bonds. The van der Waals surface area contributed by atoms with E-state index in [9.17, 15) is 9.59 Å². The van der Waals surface area contributed by atoms with E-state index in [2.05, 4.69) is 29.4 Å². The first-order chi connectivity index (χ1) is 13.5. The van der Waals surface area contributed by atoms with Crippen molar-refractivity contribution < 1.29 is 9.59 Å². The van der Waals surface area contributed by atoms with E-state index in [0.29, 0.717) is 37.4 Å². The molecule has 0 aliphatic carbocycles. The standard InChI is InChI=1S/C13H14N4O2.C7H16N2/c14-9-11-1-3-12(4-2-11)15-13(19)17-7-5-16(10-18)6-8-17;1-7(2)9-5-3-8-4-6-9/h1-4,10H,5-8H2,(H,15,19);7-8H,3-6H2,1-2H3. The van der Waals surface area contributed by atoms with E-state index in [4.69, 9.17) is 5.26 Å². The van der Waals surface area contributed by atoms with Crippen LogP contribution >= 0.6 is 0 Å². The number of anilines is 1. The van der Waals surface area contributed by atoms with Crippen molar-refractivity contribution in [3.8, 4) is 6.07 Å². The Morgan fingerprint density at radius 1 is 1.11 bits per heavy atom. The molecule has 2 heterocycles. The predicted molar refractivity (Wildman–Crippen MR) is 109 cm³/mol. The molecule has 1 aromatic rings. The van der Waals surface area contributed by atoms with Gasteiger partial charge in [0.15, 0.2) is 0 Å². The van der Waals surface area contributed by atoms with Gasteiger partial charge in [-0.3, -0.25) is 9.69 Å². The van der Waals surface area contributed by atoms with Gasteiger partial charge in [0.2, 0.25) is 6.41 Å². The van der Waals surface area contributed by atoms with Crippen molar-refractivity contribution in [3.05, 3.63) is 29.8 Å². The van der Waals surface area contributed by atoms with Gasteiger partial charge in [0.1, 0.15) is 0 Å². The second-order valence-electron chi connectivity index (χ2n) is 7.13. The van der Waals surface area contributed by atoms with Crippen LogP contribution in [0.2, 0.25) is 0 Å². The van der Waals surface area contributed by atoms with Gasteiger partial charge in [0.05, 0.1) is 11.6 Å². The Labute approximate surface area is 167 Å². The van der Waals surface area contributed by atoms with Gasteiger partial charge in [0, 0.05) is 64.1 Å². The van der Waals surface area contributed by atoms with Crippen LogP contribution in [0.1, 0.15) is 19.4 Å². The van der Waals surface area contributed by atoms with Crippen molar-refractivity contribution in [2.24, 2.45) is 0 Å². The van der Waals surface area contributed by atoms with Crippen molar-refractivity contribution >= 4 is 18.1 Å². The summed E-state index contributed by atoms with van der Waals surface area (Å²) in [6.45, 7) is 11.5. The van der Waals surface area contributed by atoms with Crippen LogP contribution in [0.4, 0.5) is 10.5 Å². The maximum Gasteiger partial charge on any atom is 0.321 e. The van der Waals surface area contributed by atoms with Gasteiger partial charge in [-0.2, -0.15) is 5.26 Å². The lowest BCUT2D eigenvalue weighted by Gasteiger charge is -2.32. The molecule has 2 aliphatic heterocycles. The molecule has 2 aliphatic rings. The highest BCUT2D eigenvalue weighted by atomic mass is 16.2. The Hall–Kier alpha value is -2.63. The highest BCUT2D eigenvalue weighted by Gasteiger charge is 2.19. The second kappa shape index (κ2) is 11.3. The molecule has 0 unspecified atom stereocenters. The molecule has 8 nitrogen and oxygen atoms in total. The Balaban J connectivity index is 0.000000261. The van der Waals surface area contributed by atoms with Gasteiger partial charge in [-0.05, 0) is 38.1 Å². The lowest BCUT2D eigenvalue weighted by Crippen LogP contribution is -2.49. The Bertz CT molecular complexity index is 656. The molecule has 2 fully saturated rings. The second-order valence-corrected chi connectivity index (χ2v) is 7.13.